The van der Waals surface area contributed by atoms with E-state index in [2.05, 4.69) is 10.1 Å². The highest BCUT2D eigenvalue weighted by Crippen LogP contribution is 2.34. The van der Waals surface area contributed by atoms with Gasteiger partial charge in [-0.25, -0.2) is 17.4 Å². The first-order valence-corrected chi connectivity index (χ1v) is 17.3. The molecule has 5 aromatic rings. The third-order valence-corrected chi connectivity index (χ3v) is 11.1. The molecule has 1 saturated heterocycles. The summed E-state index contributed by atoms with van der Waals surface area (Å²) in [5.41, 5.74) is 9.04. The second-order valence-electron chi connectivity index (χ2n) is 11.3. The van der Waals surface area contributed by atoms with Crippen molar-refractivity contribution in [2.75, 3.05) is 26.2 Å². The van der Waals surface area contributed by atoms with Crippen LogP contribution >= 0.6 is 23.2 Å². The molecule has 0 bridgehead atoms. The molecular formula is C33H31Cl2N7O6S. The van der Waals surface area contributed by atoms with Gasteiger partial charge in [0.05, 0.1) is 10.7 Å². The predicted molar refractivity (Wildman–Crippen MR) is 183 cm³/mol. The molecule has 1 fully saturated rings. The van der Waals surface area contributed by atoms with Crippen molar-refractivity contribution in [2.45, 2.75) is 25.3 Å². The molecule has 1 aliphatic rings. The van der Waals surface area contributed by atoms with Crippen LogP contribution in [0, 0.1) is 13.8 Å². The van der Waals surface area contributed by atoms with Crippen molar-refractivity contribution in [3.8, 4) is 5.75 Å². The molecule has 2 aromatic carbocycles. The third kappa shape index (κ3) is 6.30. The minimum Gasteiger partial charge on any atom is -0.485 e. The van der Waals surface area contributed by atoms with Gasteiger partial charge in [0.15, 0.2) is 17.2 Å². The molecular weight excluding hydrogens is 693 g/mol. The number of aromatic nitrogens is 3. The van der Waals surface area contributed by atoms with Crippen molar-refractivity contribution in [2.24, 2.45) is 10.9 Å². The van der Waals surface area contributed by atoms with Crippen LogP contribution in [0.5, 0.6) is 5.75 Å². The van der Waals surface area contributed by atoms with E-state index in [4.69, 9.17) is 38.9 Å². The molecule has 0 atom stereocenters. The van der Waals surface area contributed by atoms with Crippen LogP contribution in [-0.2, 0) is 16.6 Å². The molecule has 0 saturated carbocycles. The highest BCUT2D eigenvalue weighted by molar-refractivity contribution is 7.90. The highest BCUT2D eigenvalue weighted by Gasteiger charge is 2.31. The number of hydrogen-bond donors (Lipinski definition) is 2. The highest BCUT2D eigenvalue weighted by atomic mass is 35.5. The number of amides is 2. The van der Waals surface area contributed by atoms with E-state index in [1.165, 1.54) is 35.4 Å². The first-order valence-electron chi connectivity index (χ1n) is 15.1. The minimum atomic E-state index is -4.36. The molecule has 3 aromatic heterocycles. The predicted octanol–water partition coefficient (Wildman–Crippen LogP) is 4.57. The number of imidazole rings is 1. The summed E-state index contributed by atoms with van der Waals surface area (Å²) >= 11 is 13.2. The van der Waals surface area contributed by atoms with Gasteiger partial charge in [-0.15, -0.1) is 0 Å². The SMILES string of the molecule is Cc1nc2c(OCc3c(Cl)ccc(S(=O)(=O)n4cccc4C(=O)N4CCN(C(=O)c5ccc(/C(N)=N\O)cc5)CC4)c3Cl)cccn2c1C. The number of benzene rings is 2. The lowest BCUT2D eigenvalue weighted by Gasteiger charge is -2.35. The number of oxime groups is 1. The summed E-state index contributed by atoms with van der Waals surface area (Å²) in [6.07, 6.45) is 3.15. The van der Waals surface area contributed by atoms with Gasteiger partial charge < -0.3 is 29.9 Å². The largest absolute Gasteiger partial charge is 0.485 e. The maximum absolute atomic E-state index is 14.0. The zero-order valence-electron chi connectivity index (χ0n) is 26.4. The molecule has 4 heterocycles. The average Bonchev–Trinajstić information content (AvgIpc) is 3.72. The maximum Gasteiger partial charge on any atom is 0.271 e. The van der Waals surface area contributed by atoms with Crippen molar-refractivity contribution in [1.82, 2.24) is 23.2 Å². The van der Waals surface area contributed by atoms with Crippen LogP contribution in [0.25, 0.3) is 5.65 Å². The zero-order valence-corrected chi connectivity index (χ0v) is 28.7. The summed E-state index contributed by atoms with van der Waals surface area (Å²) in [7, 11) is -4.36. The number of pyridine rings is 1. The van der Waals surface area contributed by atoms with Crippen molar-refractivity contribution in [1.29, 1.82) is 0 Å². The fraction of sp³-hybridized carbons (Fsp3) is 0.212. The fourth-order valence-corrected chi connectivity index (χ4v) is 7.79. The van der Waals surface area contributed by atoms with Gasteiger partial charge in [-0.3, -0.25) is 9.59 Å². The van der Waals surface area contributed by atoms with Gasteiger partial charge in [-0.1, -0.05) is 40.5 Å². The summed E-state index contributed by atoms with van der Waals surface area (Å²) in [6.45, 7) is 4.54. The summed E-state index contributed by atoms with van der Waals surface area (Å²) in [5, 5.41) is 11.9. The number of amidine groups is 1. The first-order chi connectivity index (χ1) is 23.4. The molecule has 0 radical (unpaired) electrons. The number of nitrogens with zero attached hydrogens (tertiary/aromatic N) is 6. The van der Waals surface area contributed by atoms with Crippen LogP contribution in [0.2, 0.25) is 10.0 Å². The van der Waals surface area contributed by atoms with Crippen LogP contribution in [0.15, 0.2) is 83.1 Å². The Morgan fingerprint density at radius 1 is 0.918 bits per heavy atom. The molecule has 254 valence electrons. The number of piperazine rings is 1. The fourth-order valence-electron chi connectivity index (χ4n) is 5.59. The van der Waals surface area contributed by atoms with Gasteiger partial charge in [-0.05, 0) is 62.4 Å². The standard InChI is InChI=1S/C33H31Cl2N7O6S/c1-20-21(2)41-13-4-6-27(31(41)37-20)48-19-24-25(34)11-12-28(29(24)35)49(46,47)42-14-3-5-26(42)33(44)40-17-15-39(16-18-40)32(43)23-9-7-22(8-10-23)30(36)38-45/h3-14,45H,15-19H2,1-2H3,(H2,36,38). The average molecular weight is 725 g/mol. The van der Waals surface area contributed by atoms with E-state index in [1.54, 1.807) is 35.2 Å². The Morgan fingerprint density at radius 3 is 2.22 bits per heavy atom. The van der Waals surface area contributed by atoms with E-state index in [0.717, 1.165) is 15.4 Å². The maximum atomic E-state index is 14.0. The number of rotatable bonds is 8. The van der Waals surface area contributed by atoms with Gasteiger partial charge in [-0.2, -0.15) is 0 Å². The van der Waals surface area contributed by atoms with Crippen molar-refractivity contribution in [3.63, 3.8) is 0 Å². The molecule has 0 unspecified atom stereocenters. The second-order valence-corrected chi connectivity index (χ2v) is 13.9. The zero-order chi connectivity index (χ0) is 35.0. The van der Waals surface area contributed by atoms with Crippen LogP contribution < -0.4 is 10.5 Å². The third-order valence-electron chi connectivity index (χ3n) is 8.47. The molecule has 0 aliphatic carbocycles. The number of aryl methyl sites for hydroxylation is 2. The number of carbonyl (C=O) groups is 2. The van der Waals surface area contributed by atoms with E-state index in [1.807, 2.05) is 30.5 Å². The molecule has 0 spiro atoms. The summed E-state index contributed by atoms with van der Waals surface area (Å²) in [4.78, 5) is 34.1. The topological polar surface area (TPSA) is 165 Å². The Bertz CT molecular complexity index is 2220. The monoisotopic (exact) mass is 723 g/mol. The number of fused-ring (bicyclic) bond motifs is 1. The number of nitrogens with two attached hydrogens (primary N) is 1. The molecule has 16 heteroatoms. The smallest absolute Gasteiger partial charge is 0.271 e. The van der Waals surface area contributed by atoms with E-state index in [0.29, 0.717) is 22.5 Å². The number of ether oxygens (including phenoxy) is 1. The van der Waals surface area contributed by atoms with E-state index >= 15 is 0 Å². The van der Waals surface area contributed by atoms with Gasteiger partial charge in [0.2, 0.25) is 0 Å². The van der Waals surface area contributed by atoms with Crippen LogP contribution in [0.1, 0.15) is 43.4 Å². The summed E-state index contributed by atoms with van der Waals surface area (Å²) < 4.78 is 36.8. The van der Waals surface area contributed by atoms with Crippen LogP contribution in [0.3, 0.4) is 0 Å². The Hall–Kier alpha value is -5.05. The van der Waals surface area contributed by atoms with Gasteiger partial charge in [0.25, 0.3) is 21.8 Å². The summed E-state index contributed by atoms with van der Waals surface area (Å²) in [6, 6.07) is 15.5. The summed E-state index contributed by atoms with van der Waals surface area (Å²) in [5.74, 6) is -0.366. The quantitative estimate of drug-likeness (QED) is 0.102. The van der Waals surface area contributed by atoms with Gasteiger partial charge >= 0.3 is 0 Å². The lowest BCUT2D eigenvalue weighted by molar-refractivity contribution is 0.0532. The Balaban J connectivity index is 1.18. The van der Waals surface area contributed by atoms with Gasteiger partial charge in [0, 0.05) is 66.0 Å². The molecule has 3 N–H and O–H groups in total. The van der Waals surface area contributed by atoms with Gasteiger partial charge in [0.1, 0.15) is 17.2 Å². The lowest BCUT2D eigenvalue weighted by atomic mass is 10.1. The lowest BCUT2D eigenvalue weighted by Crippen LogP contribution is -2.51. The Labute approximate surface area is 291 Å². The number of hydrogen-bond acceptors (Lipinski definition) is 8. The van der Waals surface area contributed by atoms with E-state index in [-0.39, 0.29) is 70.7 Å². The molecule has 13 nitrogen and oxygen atoms in total. The van der Waals surface area contributed by atoms with Crippen LogP contribution in [0.4, 0.5) is 0 Å². The molecule has 2 amide bonds. The van der Waals surface area contributed by atoms with Crippen LogP contribution in [-0.4, -0.2) is 80.6 Å². The van der Waals surface area contributed by atoms with E-state index < -0.39 is 15.9 Å². The molecule has 6 rings (SSSR count). The first kappa shape index (κ1) is 33.8. The van der Waals surface area contributed by atoms with Crippen molar-refractivity contribution < 1.29 is 28.0 Å². The second kappa shape index (κ2) is 13.5. The normalized spacial score (nSPS) is 14.0. The number of halogens is 2. The molecule has 1 aliphatic heterocycles. The molecule has 49 heavy (non-hydrogen) atoms. The minimum absolute atomic E-state index is 0.0738. The van der Waals surface area contributed by atoms with Crippen molar-refractivity contribution >= 4 is 56.5 Å². The van der Waals surface area contributed by atoms with Crippen molar-refractivity contribution in [3.05, 3.63) is 117 Å². The number of carbonyl (C=O) groups excluding carboxylic acids is 2. The van der Waals surface area contributed by atoms with E-state index in [9.17, 15) is 18.0 Å². The Morgan fingerprint density at radius 2 is 1.55 bits per heavy atom. The Kier molecular flexibility index (Phi) is 9.29.